The first kappa shape index (κ1) is 13.3. The zero-order valence-electron chi connectivity index (χ0n) is 8.97. The van der Waals surface area contributed by atoms with Crippen LogP contribution in [0.25, 0.3) is 0 Å². The molecule has 0 aromatic heterocycles. The monoisotopic (exact) mass is 242 g/mol. The molecule has 0 N–H and O–H groups in total. The number of hydrogen-bond acceptors (Lipinski definition) is 0. The predicted molar refractivity (Wildman–Crippen MR) is 62.1 cm³/mol. The van der Waals surface area contributed by atoms with Crippen LogP contribution in [0.2, 0.25) is 0 Å². The van der Waals surface area contributed by atoms with Crippen LogP contribution in [0.15, 0.2) is 10.9 Å². The van der Waals surface area contributed by atoms with Crippen molar-refractivity contribution in [1.29, 1.82) is 0 Å². The van der Waals surface area contributed by atoms with E-state index in [2.05, 4.69) is 34.7 Å². The van der Waals surface area contributed by atoms with Crippen LogP contribution in [0.4, 0.5) is 0 Å². The second-order valence-electron chi connectivity index (χ2n) is 3.65. The molecule has 0 amide bonds. The van der Waals surface area contributed by atoms with Gasteiger partial charge in [0.05, 0.1) is 0 Å². The molecule has 2 radical (unpaired) electrons. The first-order valence-corrected chi connectivity index (χ1v) is 6.79. The molecule has 0 aromatic rings. The third-order valence-electron chi connectivity index (χ3n) is 2.33. The Hall–Kier alpha value is 0.298. The van der Waals surface area contributed by atoms with Gasteiger partial charge in [-0.25, -0.2) is 0 Å². The third-order valence-corrected chi connectivity index (χ3v) is 2.77. The van der Waals surface area contributed by atoms with Crippen LogP contribution in [0.3, 0.4) is 0 Å². The van der Waals surface area contributed by atoms with Crippen molar-refractivity contribution in [2.75, 3.05) is 0 Å². The van der Waals surface area contributed by atoms with Crippen LogP contribution in [0.5, 0.6) is 0 Å². The molecule has 0 aliphatic carbocycles. The zero-order valence-corrected chi connectivity index (χ0v) is 10.8. The van der Waals surface area contributed by atoms with E-state index < -0.39 is 0 Å². The maximum absolute atomic E-state index is 2.49. The van der Waals surface area contributed by atoms with Gasteiger partial charge in [0.25, 0.3) is 0 Å². The fraction of sp³-hybridized carbons (Fsp3) is 0.833. The van der Waals surface area contributed by atoms with Crippen LogP contribution in [0, 0.1) is 0 Å². The molecule has 0 heterocycles. The fourth-order valence-corrected chi connectivity index (χ4v) is 1.78. The Kier molecular flexibility index (Phi) is 12.6. The molecule has 0 fully saturated rings. The van der Waals surface area contributed by atoms with Crippen LogP contribution < -0.4 is 0 Å². The normalized spacial score (nSPS) is 11.2. The molecular weight excluding hydrogens is 219 g/mol. The van der Waals surface area contributed by atoms with Gasteiger partial charge in [0.15, 0.2) is 0 Å². The summed E-state index contributed by atoms with van der Waals surface area (Å²) in [6.07, 6.45) is 14.9. The van der Waals surface area contributed by atoms with Gasteiger partial charge >= 0.3 is 92.5 Å². The summed E-state index contributed by atoms with van der Waals surface area (Å²) >= 11 is 2.49. The molecule has 0 aliphatic rings. The van der Waals surface area contributed by atoms with Gasteiger partial charge in [0.2, 0.25) is 0 Å². The average molecular weight is 242 g/mol. The summed E-state index contributed by atoms with van der Waals surface area (Å²) in [7, 11) is 0. The molecule has 0 nitrogen and oxygen atoms in total. The standard InChI is InChI=1S/C12H23As/c1-2-3-4-5-6-7-8-9-10-11-12-13/h11-12H,2-10H2,1H3. The van der Waals surface area contributed by atoms with Gasteiger partial charge in [-0.05, 0) is 0 Å². The second kappa shape index (κ2) is 12.3. The van der Waals surface area contributed by atoms with E-state index in [1.165, 1.54) is 57.8 Å². The Morgan fingerprint density at radius 3 is 1.92 bits per heavy atom. The van der Waals surface area contributed by atoms with E-state index in [0.29, 0.717) is 0 Å². The Bertz CT molecular complexity index is 108. The van der Waals surface area contributed by atoms with E-state index in [4.69, 9.17) is 0 Å². The molecule has 76 valence electrons. The second-order valence-corrected chi connectivity index (χ2v) is 4.27. The first-order valence-electron chi connectivity index (χ1n) is 5.71. The Morgan fingerprint density at radius 1 is 0.846 bits per heavy atom. The van der Waals surface area contributed by atoms with E-state index in [1.54, 1.807) is 0 Å². The van der Waals surface area contributed by atoms with Crippen LogP contribution in [0.1, 0.15) is 64.7 Å². The molecule has 0 atom stereocenters. The van der Waals surface area contributed by atoms with Gasteiger partial charge in [-0.3, -0.25) is 0 Å². The van der Waals surface area contributed by atoms with Gasteiger partial charge in [-0.1, -0.05) is 0 Å². The molecule has 1 heteroatoms. The Labute approximate surface area is 92.7 Å². The Morgan fingerprint density at radius 2 is 1.38 bits per heavy atom. The van der Waals surface area contributed by atoms with Crippen molar-refractivity contribution in [1.82, 2.24) is 0 Å². The molecule has 0 rings (SSSR count). The minimum atomic E-state index is 1.27. The van der Waals surface area contributed by atoms with Crippen LogP contribution in [-0.2, 0) is 0 Å². The van der Waals surface area contributed by atoms with E-state index in [1.807, 2.05) is 0 Å². The summed E-state index contributed by atoms with van der Waals surface area (Å²) in [6, 6.07) is 0. The topological polar surface area (TPSA) is 0 Å². The van der Waals surface area contributed by atoms with Gasteiger partial charge in [0, 0.05) is 0 Å². The van der Waals surface area contributed by atoms with Gasteiger partial charge < -0.3 is 0 Å². The zero-order chi connectivity index (χ0) is 9.78. The first-order chi connectivity index (χ1) is 6.41. The van der Waals surface area contributed by atoms with Crippen molar-refractivity contribution in [3.05, 3.63) is 10.9 Å². The molecule has 0 aliphatic heterocycles. The Balaban J connectivity index is 2.83. The van der Waals surface area contributed by atoms with Crippen molar-refractivity contribution in [2.24, 2.45) is 0 Å². The molecule has 0 aromatic carbocycles. The summed E-state index contributed by atoms with van der Waals surface area (Å²) in [5, 5.41) is 0. The summed E-state index contributed by atoms with van der Waals surface area (Å²) < 4.78 is 0. The van der Waals surface area contributed by atoms with Gasteiger partial charge in [-0.2, -0.15) is 0 Å². The molecule has 0 spiro atoms. The quantitative estimate of drug-likeness (QED) is 0.420. The van der Waals surface area contributed by atoms with Crippen molar-refractivity contribution >= 4 is 16.9 Å². The summed E-state index contributed by atoms with van der Waals surface area (Å²) in [5.41, 5.74) is 0. The summed E-state index contributed by atoms with van der Waals surface area (Å²) in [6.45, 7) is 2.27. The van der Waals surface area contributed by atoms with E-state index in [-0.39, 0.29) is 0 Å². The molecule has 0 saturated carbocycles. The summed E-state index contributed by atoms with van der Waals surface area (Å²) in [5.74, 6) is 0. The molecule has 0 saturated heterocycles. The maximum atomic E-state index is 2.49. The third kappa shape index (κ3) is 12.3. The summed E-state index contributed by atoms with van der Waals surface area (Å²) in [4.78, 5) is 2.09. The predicted octanol–water partition coefficient (Wildman–Crippen LogP) is 4.20. The van der Waals surface area contributed by atoms with Crippen LogP contribution in [-0.4, -0.2) is 16.9 Å². The van der Waals surface area contributed by atoms with Gasteiger partial charge in [-0.15, -0.1) is 0 Å². The van der Waals surface area contributed by atoms with E-state index >= 15 is 0 Å². The van der Waals surface area contributed by atoms with E-state index in [0.717, 1.165) is 0 Å². The average Bonchev–Trinajstić information content (AvgIpc) is 2.16. The SMILES string of the molecule is CCCCCCCCCCC=C[As]. The van der Waals surface area contributed by atoms with Crippen molar-refractivity contribution in [3.8, 4) is 0 Å². The van der Waals surface area contributed by atoms with Crippen molar-refractivity contribution in [2.45, 2.75) is 64.7 Å². The van der Waals surface area contributed by atoms with Crippen LogP contribution >= 0.6 is 0 Å². The van der Waals surface area contributed by atoms with E-state index in [9.17, 15) is 0 Å². The number of unbranched alkanes of at least 4 members (excludes halogenated alkanes) is 8. The molecule has 0 bridgehead atoms. The number of rotatable bonds is 9. The van der Waals surface area contributed by atoms with Crippen molar-refractivity contribution in [3.63, 3.8) is 0 Å². The molecule has 13 heavy (non-hydrogen) atoms. The van der Waals surface area contributed by atoms with Crippen molar-refractivity contribution < 1.29 is 0 Å². The molecule has 0 unspecified atom stereocenters. The van der Waals surface area contributed by atoms with Gasteiger partial charge in [0.1, 0.15) is 0 Å². The molecular formula is C12H23As. The fourth-order valence-electron chi connectivity index (χ4n) is 1.47. The number of allylic oxidation sites excluding steroid dienone is 1. The minimum absolute atomic E-state index is 1.27. The number of hydrogen-bond donors (Lipinski definition) is 0.